The Morgan fingerprint density at radius 1 is 1.19 bits per heavy atom. The molecule has 136 valence electrons. The van der Waals surface area contributed by atoms with Gasteiger partial charge in [-0.15, -0.1) is 10.2 Å². The van der Waals surface area contributed by atoms with Gasteiger partial charge in [0.2, 0.25) is 5.13 Å². The summed E-state index contributed by atoms with van der Waals surface area (Å²) in [4.78, 5) is 2.08. The fourth-order valence-corrected chi connectivity index (χ4v) is 3.50. The summed E-state index contributed by atoms with van der Waals surface area (Å²) >= 11 is 1.43. The van der Waals surface area contributed by atoms with Gasteiger partial charge in [0.25, 0.3) is 0 Å². The van der Waals surface area contributed by atoms with Gasteiger partial charge in [0, 0.05) is 12.6 Å². The lowest BCUT2D eigenvalue weighted by molar-refractivity contribution is -0.0498. The van der Waals surface area contributed by atoms with Gasteiger partial charge in [-0.1, -0.05) is 28.6 Å². The van der Waals surface area contributed by atoms with Gasteiger partial charge in [-0.3, -0.25) is 0 Å². The highest BCUT2D eigenvalue weighted by molar-refractivity contribution is 7.18. The third kappa shape index (κ3) is 3.65. The van der Waals surface area contributed by atoms with Gasteiger partial charge in [-0.2, -0.15) is 8.78 Å². The first kappa shape index (κ1) is 16.9. The molecule has 0 N–H and O–H groups in total. The Morgan fingerprint density at radius 3 is 2.77 bits per heavy atom. The summed E-state index contributed by atoms with van der Waals surface area (Å²) in [6.45, 7) is -1.03. The summed E-state index contributed by atoms with van der Waals surface area (Å²) in [5.41, 5.74) is 1.53. The van der Waals surface area contributed by atoms with Crippen molar-refractivity contribution >= 4 is 16.5 Å². The van der Waals surface area contributed by atoms with Crippen LogP contribution in [0.3, 0.4) is 0 Å². The van der Waals surface area contributed by atoms with E-state index in [2.05, 4.69) is 25.0 Å². The van der Waals surface area contributed by atoms with Crippen LogP contribution in [0.4, 0.5) is 13.9 Å². The molecule has 4 rings (SSSR count). The van der Waals surface area contributed by atoms with E-state index in [1.165, 1.54) is 29.7 Å². The van der Waals surface area contributed by atoms with E-state index in [9.17, 15) is 8.78 Å². The standard InChI is InChI=1S/C16H14F2N4O3S/c17-15(18)25-11-3-1-10(2-4-11)13-9-22(6-8-23-13)16-20-19-14(26-16)12-5-7-24-21-12/h1-5,7,13,15H,6,8-9H2. The molecule has 0 radical (unpaired) electrons. The van der Waals surface area contributed by atoms with Crippen molar-refractivity contribution < 1.29 is 22.8 Å². The quantitative estimate of drug-likeness (QED) is 0.672. The number of benzene rings is 1. The molecule has 1 fully saturated rings. The number of alkyl halides is 2. The number of morpholine rings is 1. The molecule has 1 saturated heterocycles. The van der Waals surface area contributed by atoms with Crippen LogP contribution in [0.1, 0.15) is 11.7 Å². The van der Waals surface area contributed by atoms with Crippen LogP contribution < -0.4 is 9.64 Å². The molecule has 7 nitrogen and oxygen atoms in total. The summed E-state index contributed by atoms with van der Waals surface area (Å²) in [6.07, 6.45) is 1.30. The third-order valence-electron chi connectivity index (χ3n) is 3.89. The zero-order valence-corrected chi connectivity index (χ0v) is 14.2. The molecule has 0 aliphatic carbocycles. The number of nitrogens with zero attached hydrogens (tertiary/aromatic N) is 4. The summed E-state index contributed by atoms with van der Waals surface area (Å²) in [6, 6.07) is 8.21. The van der Waals surface area contributed by atoms with Crippen molar-refractivity contribution in [3.05, 3.63) is 42.2 Å². The van der Waals surface area contributed by atoms with Gasteiger partial charge in [-0.05, 0) is 17.7 Å². The van der Waals surface area contributed by atoms with E-state index in [4.69, 9.17) is 9.26 Å². The lowest BCUT2D eigenvalue weighted by Crippen LogP contribution is -2.38. The van der Waals surface area contributed by atoms with Crippen LogP contribution in [0, 0.1) is 0 Å². The largest absolute Gasteiger partial charge is 0.435 e. The Hall–Kier alpha value is -2.59. The molecule has 3 heterocycles. The normalized spacial score (nSPS) is 17.7. The highest BCUT2D eigenvalue weighted by Crippen LogP contribution is 2.31. The first-order valence-corrected chi connectivity index (χ1v) is 8.66. The summed E-state index contributed by atoms with van der Waals surface area (Å²) < 4.78 is 39.5. The molecule has 0 spiro atoms. The van der Waals surface area contributed by atoms with Gasteiger partial charge < -0.3 is 18.9 Å². The highest BCUT2D eigenvalue weighted by atomic mass is 32.1. The van der Waals surface area contributed by atoms with Crippen molar-refractivity contribution in [2.24, 2.45) is 0 Å². The Bertz CT molecular complexity index is 842. The summed E-state index contributed by atoms with van der Waals surface area (Å²) in [5, 5.41) is 13.7. The van der Waals surface area contributed by atoms with Crippen LogP contribution in [0.25, 0.3) is 10.7 Å². The maximum Gasteiger partial charge on any atom is 0.387 e. The molecule has 2 aromatic heterocycles. The van der Waals surface area contributed by atoms with Crippen LogP contribution >= 0.6 is 11.3 Å². The molecule has 1 aliphatic rings. The Balaban J connectivity index is 1.46. The van der Waals surface area contributed by atoms with E-state index in [1.807, 2.05) is 0 Å². The first-order valence-electron chi connectivity index (χ1n) is 7.84. The number of ether oxygens (including phenoxy) is 2. The van der Waals surface area contributed by atoms with Crippen LogP contribution in [0.5, 0.6) is 5.75 Å². The van der Waals surface area contributed by atoms with Gasteiger partial charge in [0.15, 0.2) is 5.01 Å². The average molecular weight is 380 g/mol. The zero-order valence-electron chi connectivity index (χ0n) is 13.4. The number of rotatable bonds is 5. The molecular formula is C16H14F2N4O3S. The minimum Gasteiger partial charge on any atom is -0.435 e. The number of hydrogen-bond donors (Lipinski definition) is 0. The van der Waals surface area contributed by atoms with Crippen LogP contribution in [-0.2, 0) is 4.74 Å². The van der Waals surface area contributed by atoms with Crippen molar-refractivity contribution in [3.63, 3.8) is 0 Å². The predicted octanol–water partition coefficient (Wildman–Crippen LogP) is 3.37. The number of anilines is 1. The Labute approximate surface area is 151 Å². The Kier molecular flexibility index (Phi) is 4.76. The first-order chi connectivity index (χ1) is 12.7. The van der Waals surface area contributed by atoms with E-state index in [-0.39, 0.29) is 11.9 Å². The van der Waals surface area contributed by atoms with Crippen molar-refractivity contribution in [2.75, 3.05) is 24.6 Å². The molecule has 1 unspecified atom stereocenters. The van der Waals surface area contributed by atoms with E-state index in [1.54, 1.807) is 18.2 Å². The second-order valence-corrected chi connectivity index (χ2v) is 6.48. The summed E-state index contributed by atoms with van der Waals surface area (Å²) in [5.74, 6) is 0.123. The van der Waals surface area contributed by atoms with Crippen LogP contribution in [0.15, 0.2) is 41.1 Å². The van der Waals surface area contributed by atoms with E-state index in [0.29, 0.717) is 30.4 Å². The number of aromatic nitrogens is 3. The fourth-order valence-electron chi connectivity index (χ4n) is 2.66. The second-order valence-electron chi connectivity index (χ2n) is 5.53. The lowest BCUT2D eigenvalue weighted by atomic mass is 10.1. The molecule has 1 atom stereocenters. The summed E-state index contributed by atoms with van der Waals surface area (Å²) in [7, 11) is 0. The maximum absolute atomic E-state index is 12.2. The monoisotopic (exact) mass is 380 g/mol. The maximum atomic E-state index is 12.2. The van der Waals surface area contributed by atoms with Gasteiger partial charge in [0.1, 0.15) is 23.8 Å². The van der Waals surface area contributed by atoms with E-state index in [0.717, 1.165) is 10.7 Å². The van der Waals surface area contributed by atoms with Crippen molar-refractivity contribution in [2.45, 2.75) is 12.7 Å². The topological polar surface area (TPSA) is 73.5 Å². The molecule has 0 saturated carbocycles. The second kappa shape index (κ2) is 7.34. The van der Waals surface area contributed by atoms with Gasteiger partial charge in [-0.25, -0.2) is 0 Å². The Morgan fingerprint density at radius 2 is 2.04 bits per heavy atom. The molecule has 0 amide bonds. The smallest absolute Gasteiger partial charge is 0.387 e. The fraction of sp³-hybridized carbons (Fsp3) is 0.312. The van der Waals surface area contributed by atoms with E-state index < -0.39 is 6.61 Å². The minimum absolute atomic E-state index is 0.123. The van der Waals surface area contributed by atoms with Gasteiger partial charge >= 0.3 is 6.61 Å². The molecule has 1 aliphatic heterocycles. The highest BCUT2D eigenvalue weighted by Gasteiger charge is 2.25. The molecule has 3 aromatic rings. The zero-order chi connectivity index (χ0) is 17.9. The third-order valence-corrected chi connectivity index (χ3v) is 4.89. The lowest BCUT2D eigenvalue weighted by Gasteiger charge is -2.32. The minimum atomic E-state index is -2.83. The molecule has 1 aromatic carbocycles. The van der Waals surface area contributed by atoms with Crippen LogP contribution in [-0.4, -0.2) is 41.7 Å². The van der Waals surface area contributed by atoms with E-state index >= 15 is 0 Å². The molecule has 26 heavy (non-hydrogen) atoms. The number of halogens is 2. The van der Waals surface area contributed by atoms with Crippen molar-refractivity contribution in [1.82, 2.24) is 15.4 Å². The molecular weight excluding hydrogens is 366 g/mol. The van der Waals surface area contributed by atoms with Crippen molar-refractivity contribution in [1.29, 1.82) is 0 Å². The van der Waals surface area contributed by atoms with Crippen LogP contribution in [0.2, 0.25) is 0 Å². The predicted molar refractivity (Wildman–Crippen MR) is 89.4 cm³/mol. The number of hydrogen-bond acceptors (Lipinski definition) is 8. The molecule has 0 bridgehead atoms. The average Bonchev–Trinajstić information content (AvgIpc) is 3.34. The van der Waals surface area contributed by atoms with Crippen molar-refractivity contribution in [3.8, 4) is 16.5 Å². The molecule has 10 heteroatoms. The SMILES string of the molecule is FC(F)Oc1ccc(C2CN(c3nnc(-c4ccon4)s3)CCO2)cc1. The van der Waals surface area contributed by atoms with Gasteiger partial charge in [0.05, 0.1) is 13.2 Å².